The Morgan fingerprint density at radius 2 is 1.65 bits per heavy atom. The van der Waals surface area contributed by atoms with Gasteiger partial charge in [-0.3, -0.25) is 9.59 Å². The average molecular weight is 519 g/mol. The summed E-state index contributed by atoms with van der Waals surface area (Å²) in [6.07, 6.45) is 5.84. The van der Waals surface area contributed by atoms with E-state index >= 15 is 0 Å². The third-order valence-electron chi connectivity index (χ3n) is 6.83. The van der Waals surface area contributed by atoms with Gasteiger partial charge < -0.3 is 15.0 Å². The number of hydrogen-bond donors (Lipinski definition) is 1. The number of hydrogen-bond acceptors (Lipinski definition) is 3. The van der Waals surface area contributed by atoms with Crippen molar-refractivity contribution in [3.63, 3.8) is 0 Å². The van der Waals surface area contributed by atoms with Gasteiger partial charge in [0.15, 0.2) is 6.61 Å². The minimum atomic E-state index is -0.661. The van der Waals surface area contributed by atoms with Gasteiger partial charge in [-0.25, -0.2) is 0 Å². The standard InChI is InChI=1S/C31H35ClN2O3/c1-23-9-8-12-25(19-23)21-34(30(35)22-37-28-17-15-26(32)16-18-28)29(20-24-10-4-2-5-11-24)31(36)33-27-13-6-3-7-14-27/h2,4-5,8-12,15-19,27,29H,3,6-7,13-14,20-22H2,1H3,(H,33,36). The molecule has 2 amide bonds. The summed E-state index contributed by atoms with van der Waals surface area (Å²) in [5.41, 5.74) is 3.09. The maximum Gasteiger partial charge on any atom is 0.261 e. The Morgan fingerprint density at radius 1 is 0.946 bits per heavy atom. The van der Waals surface area contributed by atoms with Gasteiger partial charge in [-0.1, -0.05) is 91.0 Å². The first-order valence-corrected chi connectivity index (χ1v) is 13.4. The Balaban J connectivity index is 1.60. The van der Waals surface area contributed by atoms with Crippen molar-refractivity contribution >= 4 is 23.4 Å². The first kappa shape index (κ1) is 26.7. The molecule has 37 heavy (non-hydrogen) atoms. The van der Waals surface area contributed by atoms with Crippen molar-refractivity contribution in [2.24, 2.45) is 0 Å². The lowest BCUT2D eigenvalue weighted by Gasteiger charge is -2.33. The summed E-state index contributed by atoms with van der Waals surface area (Å²) in [6, 6.07) is 24.3. The van der Waals surface area contributed by atoms with E-state index in [1.54, 1.807) is 29.2 Å². The molecule has 3 aromatic rings. The van der Waals surface area contributed by atoms with Crippen LogP contribution in [0.4, 0.5) is 0 Å². The lowest BCUT2D eigenvalue weighted by atomic mass is 9.94. The lowest BCUT2D eigenvalue weighted by Crippen LogP contribution is -2.53. The van der Waals surface area contributed by atoms with Crippen molar-refractivity contribution in [2.75, 3.05) is 6.61 Å². The van der Waals surface area contributed by atoms with Crippen LogP contribution in [0.25, 0.3) is 0 Å². The molecule has 3 aromatic carbocycles. The number of benzene rings is 3. The fourth-order valence-electron chi connectivity index (χ4n) is 4.86. The van der Waals surface area contributed by atoms with E-state index < -0.39 is 6.04 Å². The number of halogens is 1. The van der Waals surface area contributed by atoms with E-state index in [4.69, 9.17) is 16.3 Å². The van der Waals surface area contributed by atoms with Crippen LogP contribution in [0.15, 0.2) is 78.9 Å². The fraction of sp³-hybridized carbons (Fsp3) is 0.355. The Kier molecular flexibility index (Phi) is 9.61. The molecule has 0 heterocycles. The van der Waals surface area contributed by atoms with Crippen molar-refractivity contribution in [2.45, 2.75) is 64.1 Å². The van der Waals surface area contributed by atoms with Crippen LogP contribution in [-0.4, -0.2) is 35.4 Å². The molecule has 1 fully saturated rings. The van der Waals surface area contributed by atoms with E-state index in [-0.39, 0.29) is 24.5 Å². The third-order valence-corrected chi connectivity index (χ3v) is 7.09. The number of rotatable bonds is 10. The van der Waals surface area contributed by atoms with Crippen LogP contribution in [0.5, 0.6) is 5.75 Å². The number of carbonyl (C=O) groups excluding carboxylic acids is 2. The molecule has 0 saturated heterocycles. The van der Waals surface area contributed by atoms with Gasteiger partial charge in [-0.05, 0) is 55.2 Å². The molecule has 194 valence electrons. The predicted octanol–water partition coefficient (Wildman–Crippen LogP) is 6.12. The molecule has 1 atom stereocenters. The van der Waals surface area contributed by atoms with Gasteiger partial charge in [-0.15, -0.1) is 0 Å². The Morgan fingerprint density at radius 3 is 2.35 bits per heavy atom. The van der Waals surface area contributed by atoms with Crippen LogP contribution >= 0.6 is 11.6 Å². The smallest absolute Gasteiger partial charge is 0.261 e. The van der Waals surface area contributed by atoms with Gasteiger partial charge in [0.1, 0.15) is 11.8 Å². The van der Waals surface area contributed by atoms with E-state index in [0.717, 1.165) is 42.4 Å². The van der Waals surface area contributed by atoms with E-state index in [1.807, 2.05) is 55.5 Å². The highest BCUT2D eigenvalue weighted by Gasteiger charge is 2.32. The van der Waals surface area contributed by atoms with Crippen LogP contribution in [0.2, 0.25) is 5.02 Å². The molecule has 0 aromatic heterocycles. The highest BCUT2D eigenvalue weighted by molar-refractivity contribution is 6.30. The normalized spacial score (nSPS) is 14.5. The summed E-state index contributed by atoms with van der Waals surface area (Å²) in [5.74, 6) is 0.207. The highest BCUT2D eigenvalue weighted by Crippen LogP contribution is 2.21. The first-order valence-electron chi connectivity index (χ1n) is 13.1. The van der Waals surface area contributed by atoms with Gasteiger partial charge >= 0.3 is 0 Å². The summed E-state index contributed by atoms with van der Waals surface area (Å²) in [5, 5.41) is 3.86. The van der Waals surface area contributed by atoms with E-state index in [1.165, 1.54) is 6.42 Å². The zero-order valence-corrected chi connectivity index (χ0v) is 22.1. The fourth-order valence-corrected chi connectivity index (χ4v) is 4.99. The Hall–Kier alpha value is -3.31. The molecule has 5 nitrogen and oxygen atoms in total. The number of amides is 2. The SMILES string of the molecule is Cc1cccc(CN(C(=O)COc2ccc(Cl)cc2)C(Cc2ccccc2)C(=O)NC2CCCCC2)c1. The Labute approximate surface area is 224 Å². The third kappa shape index (κ3) is 8.09. The average Bonchev–Trinajstić information content (AvgIpc) is 2.91. The van der Waals surface area contributed by atoms with Crippen molar-refractivity contribution in [1.29, 1.82) is 0 Å². The molecule has 1 unspecified atom stereocenters. The monoisotopic (exact) mass is 518 g/mol. The van der Waals surface area contributed by atoms with Crippen LogP contribution < -0.4 is 10.1 Å². The molecule has 1 aliphatic rings. The Bertz CT molecular complexity index is 1160. The number of nitrogens with one attached hydrogen (secondary N) is 1. The topological polar surface area (TPSA) is 58.6 Å². The van der Waals surface area contributed by atoms with Crippen LogP contribution in [0.3, 0.4) is 0 Å². The van der Waals surface area contributed by atoms with Crippen LogP contribution in [0.1, 0.15) is 48.8 Å². The summed E-state index contributed by atoms with van der Waals surface area (Å²) < 4.78 is 5.81. The molecule has 0 aliphatic heterocycles. The summed E-state index contributed by atoms with van der Waals surface area (Å²) >= 11 is 5.99. The number of ether oxygens (including phenoxy) is 1. The maximum atomic E-state index is 13.8. The van der Waals surface area contributed by atoms with Gasteiger partial charge in [0.05, 0.1) is 0 Å². The van der Waals surface area contributed by atoms with E-state index in [9.17, 15) is 9.59 Å². The van der Waals surface area contributed by atoms with Gasteiger partial charge in [0.25, 0.3) is 5.91 Å². The maximum absolute atomic E-state index is 13.8. The summed E-state index contributed by atoms with van der Waals surface area (Å²) in [4.78, 5) is 29.1. The second-order valence-corrected chi connectivity index (χ2v) is 10.2. The molecule has 1 aliphatic carbocycles. The molecule has 0 radical (unpaired) electrons. The summed E-state index contributed by atoms with van der Waals surface area (Å²) in [6.45, 7) is 2.17. The van der Waals surface area contributed by atoms with Gasteiger partial charge in [0.2, 0.25) is 5.91 Å². The largest absolute Gasteiger partial charge is 0.484 e. The van der Waals surface area contributed by atoms with Crippen LogP contribution in [0, 0.1) is 6.92 Å². The highest BCUT2D eigenvalue weighted by atomic mass is 35.5. The molecule has 0 bridgehead atoms. The lowest BCUT2D eigenvalue weighted by molar-refractivity contribution is -0.143. The van der Waals surface area contributed by atoms with Crippen molar-refractivity contribution in [3.05, 3.63) is 101 Å². The minimum Gasteiger partial charge on any atom is -0.484 e. The molecule has 1 N–H and O–H groups in total. The second-order valence-electron chi connectivity index (χ2n) is 9.80. The van der Waals surface area contributed by atoms with E-state index in [2.05, 4.69) is 11.4 Å². The summed E-state index contributed by atoms with van der Waals surface area (Å²) in [7, 11) is 0. The molecule has 6 heteroatoms. The van der Waals surface area contributed by atoms with Crippen molar-refractivity contribution in [1.82, 2.24) is 10.2 Å². The number of carbonyl (C=O) groups is 2. The molecular formula is C31H35ClN2O3. The van der Waals surface area contributed by atoms with Gasteiger partial charge in [0, 0.05) is 24.0 Å². The zero-order chi connectivity index (χ0) is 26.0. The molecule has 1 saturated carbocycles. The quantitative estimate of drug-likeness (QED) is 0.352. The predicted molar refractivity (Wildman–Crippen MR) is 148 cm³/mol. The van der Waals surface area contributed by atoms with Crippen molar-refractivity contribution < 1.29 is 14.3 Å². The minimum absolute atomic E-state index is 0.108. The van der Waals surface area contributed by atoms with Crippen LogP contribution in [-0.2, 0) is 22.6 Å². The van der Waals surface area contributed by atoms with Gasteiger partial charge in [-0.2, -0.15) is 0 Å². The molecular weight excluding hydrogens is 484 g/mol. The van der Waals surface area contributed by atoms with Crippen molar-refractivity contribution in [3.8, 4) is 5.75 Å². The van der Waals surface area contributed by atoms with E-state index in [0.29, 0.717) is 23.7 Å². The number of nitrogens with zero attached hydrogens (tertiary/aromatic N) is 1. The number of aryl methyl sites for hydroxylation is 1. The second kappa shape index (κ2) is 13.3. The zero-order valence-electron chi connectivity index (χ0n) is 21.4. The molecule has 4 rings (SSSR count). The molecule has 0 spiro atoms. The first-order chi connectivity index (χ1) is 18.0.